The summed E-state index contributed by atoms with van der Waals surface area (Å²) in [6.07, 6.45) is -1.70. The first-order valence-electron chi connectivity index (χ1n) is 8.37. The molecule has 1 aromatic carbocycles. The summed E-state index contributed by atoms with van der Waals surface area (Å²) in [6.45, 7) is 9.79. The molecular formula is C18H26F3NO2. The summed E-state index contributed by atoms with van der Waals surface area (Å²) in [6, 6.07) is 6.07. The average molecular weight is 345 g/mol. The molecule has 1 saturated heterocycles. The van der Waals surface area contributed by atoms with Crippen LogP contribution < -0.4 is 9.47 Å². The lowest BCUT2D eigenvalue weighted by Crippen LogP contribution is -2.53. The maximum absolute atomic E-state index is 12.2. The Hall–Kier alpha value is -1.43. The van der Waals surface area contributed by atoms with Crippen molar-refractivity contribution >= 4 is 0 Å². The van der Waals surface area contributed by atoms with Crippen LogP contribution in [-0.4, -0.2) is 35.5 Å². The Morgan fingerprint density at radius 3 is 2.17 bits per heavy atom. The van der Waals surface area contributed by atoms with Crippen LogP contribution >= 0.6 is 0 Å². The maximum Gasteiger partial charge on any atom is 0.573 e. The molecule has 0 aliphatic carbocycles. The Labute approximate surface area is 141 Å². The molecule has 0 bridgehead atoms. The van der Waals surface area contributed by atoms with Crippen molar-refractivity contribution in [2.24, 2.45) is 0 Å². The number of nitrogens with zero attached hydrogens (tertiary/aromatic N) is 1. The highest BCUT2D eigenvalue weighted by molar-refractivity contribution is 5.31. The largest absolute Gasteiger partial charge is 0.573 e. The van der Waals surface area contributed by atoms with Crippen molar-refractivity contribution in [3.63, 3.8) is 0 Å². The third-order valence-corrected chi connectivity index (χ3v) is 4.36. The van der Waals surface area contributed by atoms with Gasteiger partial charge in [-0.25, -0.2) is 0 Å². The predicted octanol–water partition coefficient (Wildman–Crippen LogP) is 5.01. The number of ether oxygens (including phenoxy) is 2. The monoisotopic (exact) mass is 345 g/mol. The van der Waals surface area contributed by atoms with E-state index in [2.05, 4.69) is 37.3 Å². The molecule has 1 aromatic rings. The molecule has 2 atom stereocenters. The van der Waals surface area contributed by atoms with Crippen LogP contribution in [0, 0.1) is 0 Å². The van der Waals surface area contributed by atoms with E-state index < -0.39 is 6.36 Å². The highest BCUT2D eigenvalue weighted by Crippen LogP contribution is 2.31. The molecule has 1 aliphatic heterocycles. The second kappa shape index (κ2) is 7.21. The Kier molecular flexibility index (Phi) is 5.68. The standard InChI is InChI=1S/C18H26F3NO2/c1-5-13-12-16(10-11-22(13)17(2,3)4)23-14-6-8-15(9-7-14)24-18(19,20)21/h6-9,13,16H,5,10-12H2,1-4H3. The average Bonchev–Trinajstić information content (AvgIpc) is 2.46. The molecule has 6 heteroatoms. The minimum Gasteiger partial charge on any atom is -0.490 e. The fraction of sp³-hybridized carbons (Fsp3) is 0.667. The van der Waals surface area contributed by atoms with E-state index in [1.807, 2.05) is 0 Å². The van der Waals surface area contributed by atoms with Gasteiger partial charge in [0.15, 0.2) is 0 Å². The lowest BCUT2D eigenvalue weighted by Gasteiger charge is -2.46. The van der Waals surface area contributed by atoms with Gasteiger partial charge in [0.25, 0.3) is 0 Å². The molecule has 0 spiro atoms. The van der Waals surface area contributed by atoms with Crippen LogP contribution in [0.2, 0.25) is 0 Å². The molecule has 0 aromatic heterocycles. The van der Waals surface area contributed by atoms with Gasteiger partial charge in [0.05, 0.1) is 0 Å². The normalized spacial score (nSPS) is 23.1. The number of piperidine rings is 1. The summed E-state index contributed by atoms with van der Waals surface area (Å²) in [7, 11) is 0. The Morgan fingerprint density at radius 1 is 1.08 bits per heavy atom. The second-order valence-electron chi connectivity index (χ2n) is 7.21. The minimum atomic E-state index is -4.67. The number of halogens is 3. The lowest BCUT2D eigenvalue weighted by molar-refractivity contribution is -0.274. The number of hydrogen-bond donors (Lipinski definition) is 0. The summed E-state index contributed by atoms with van der Waals surface area (Å²) in [5, 5.41) is 0. The lowest BCUT2D eigenvalue weighted by atomic mass is 9.91. The van der Waals surface area contributed by atoms with E-state index in [9.17, 15) is 13.2 Å². The predicted molar refractivity (Wildman–Crippen MR) is 87.3 cm³/mol. The van der Waals surface area contributed by atoms with Gasteiger partial charge in [-0.15, -0.1) is 13.2 Å². The summed E-state index contributed by atoms with van der Waals surface area (Å²) in [4.78, 5) is 2.51. The van der Waals surface area contributed by atoms with E-state index in [0.29, 0.717) is 11.8 Å². The fourth-order valence-electron chi connectivity index (χ4n) is 3.30. The van der Waals surface area contributed by atoms with Crippen molar-refractivity contribution in [1.82, 2.24) is 4.90 Å². The molecule has 1 fully saturated rings. The fourth-order valence-corrected chi connectivity index (χ4v) is 3.30. The molecule has 2 rings (SSSR count). The van der Waals surface area contributed by atoms with Crippen LogP contribution in [-0.2, 0) is 0 Å². The first-order valence-corrected chi connectivity index (χ1v) is 8.37. The van der Waals surface area contributed by atoms with Crippen molar-refractivity contribution in [1.29, 1.82) is 0 Å². The molecule has 1 aliphatic rings. The summed E-state index contributed by atoms with van der Waals surface area (Å²) >= 11 is 0. The molecule has 0 N–H and O–H groups in total. The zero-order chi connectivity index (χ0) is 18.0. The molecule has 0 amide bonds. The van der Waals surface area contributed by atoms with Gasteiger partial charge in [-0.05, 0) is 64.3 Å². The third kappa shape index (κ3) is 5.30. The van der Waals surface area contributed by atoms with Crippen molar-refractivity contribution in [2.45, 2.75) is 71.0 Å². The van der Waals surface area contributed by atoms with E-state index in [0.717, 1.165) is 25.8 Å². The molecule has 0 saturated carbocycles. The van der Waals surface area contributed by atoms with Gasteiger partial charge in [0.1, 0.15) is 17.6 Å². The van der Waals surface area contributed by atoms with Gasteiger partial charge in [0.2, 0.25) is 0 Å². The number of rotatable bonds is 4. The van der Waals surface area contributed by atoms with Gasteiger partial charge in [-0.2, -0.15) is 0 Å². The van der Waals surface area contributed by atoms with Crippen LogP contribution in [0.1, 0.15) is 47.0 Å². The Balaban J connectivity index is 1.95. The summed E-state index contributed by atoms with van der Waals surface area (Å²) in [5.41, 5.74) is 0.127. The van der Waals surface area contributed by atoms with Crippen LogP contribution in [0.4, 0.5) is 13.2 Å². The molecular weight excluding hydrogens is 319 g/mol. The Bertz CT molecular complexity index is 523. The Morgan fingerprint density at radius 2 is 1.67 bits per heavy atom. The number of likely N-dealkylation sites (tertiary alicyclic amines) is 1. The van der Waals surface area contributed by atoms with Crippen LogP contribution in [0.3, 0.4) is 0 Å². The van der Waals surface area contributed by atoms with Gasteiger partial charge >= 0.3 is 6.36 Å². The number of hydrogen-bond acceptors (Lipinski definition) is 3. The SMILES string of the molecule is CCC1CC(Oc2ccc(OC(F)(F)F)cc2)CCN1C(C)(C)C. The zero-order valence-electron chi connectivity index (χ0n) is 14.7. The third-order valence-electron chi connectivity index (χ3n) is 4.36. The van der Waals surface area contributed by atoms with E-state index in [1.165, 1.54) is 24.3 Å². The van der Waals surface area contributed by atoms with Gasteiger partial charge in [-0.1, -0.05) is 6.92 Å². The molecule has 0 radical (unpaired) electrons. The highest BCUT2D eigenvalue weighted by atomic mass is 19.4. The van der Waals surface area contributed by atoms with Crippen molar-refractivity contribution in [2.75, 3.05) is 6.54 Å². The molecule has 3 nitrogen and oxygen atoms in total. The van der Waals surface area contributed by atoms with E-state index in [4.69, 9.17) is 4.74 Å². The minimum absolute atomic E-state index is 0.0861. The topological polar surface area (TPSA) is 21.7 Å². The van der Waals surface area contributed by atoms with Gasteiger partial charge < -0.3 is 9.47 Å². The van der Waals surface area contributed by atoms with E-state index >= 15 is 0 Å². The van der Waals surface area contributed by atoms with Gasteiger partial charge in [0, 0.05) is 18.1 Å². The smallest absolute Gasteiger partial charge is 0.490 e. The summed E-state index contributed by atoms with van der Waals surface area (Å²) < 4.78 is 46.4. The van der Waals surface area contributed by atoms with Gasteiger partial charge in [-0.3, -0.25) is 4.90 Å². The molecule has 2 unspecified atom stereocenters. The number of benzene rings is 1. The molecule has 1 heterocycles. The summed E-state index contributed by atoms with van der Waals surface area (Å²) in [5.74, 6) is 0.345. The van der Waals surface area contributed by atoms with E-state index in [-0.39, 0.29) is 17.4 Å². The molecule has 136 valence electrons. The van der Waals surface area contributed by atoms with E-state index in [1.54, 1.807) is 0 Å². The number of alkyl halides is 3. The zero-order valence-corrected chi connectivity index (χ0v) is 14.7. The van der Waals surface area contributed by atoms with Crippen molar-refractivity contribution in [3.8, 4) is 11.5 Å². The second-order valence-corrected chi connectivity index (χ2v) is 7.21. The van der Waals surface area contributed by atoms with Crippen LogP contribution in [0.5, 0.6) is 11.5 Å². The van der Waals surface area contributed by atoms with Crippen molar-refractivity contribution in [3.05, 3.63) is 24.3 Å². The first-order chi connectivity index (χ1) is 11.1. The highest BCUT2D eigenvalue weighted by Gasteiger charge is 2.34. The van der Waals surface area contributed by atoms with Crippen LogP contribution in [0.15, 0.2) is 24.3 Å². The molecule has 24 heavy (non-hydrogen) atoms. The van der Waals surface area contributed by atoms with Crippen LogP contribution in [0.25, 0.3) is 0 Å². The maximum atomic E-state index is 12.2. The van der Waals surface area contributed by atoms with Crippen molar-refractivity contribution < 1.29 is 22.6 Å². The quantitative estimate of drug-likeness (QED) is 0.766. The first kappa shape index (κ1) is 18.9.